The summed E-state index contributed by atoms with van der Waals surface area (Å²) in [5.41, 5.74) is 3.69. The van der Waals surface area contributed by atoms with Crippen molar-refractivity contribution in [2.75, 3.05) is 24.2 Å². The molecule has 4 aromatic rings. The first-order chi connectivity index (χ1) is 18.6. The lowest BCUT2D eigenvalue weighted by atomic mass is 9.97. The molecule has 2 atom stereocenters. The lowest BCUT2D eigenvalue weighted by Gasteiger charge is -2.35. The van der Waals surface area contributed by atoms with E-state index >= 15 is 0 Å². The van der Waals surface area contributed by atoms with Crippen LogP contribution < -0.4 is 10.2 Å². The molecule has 0 bridgehead atoms. The molecule has 2 N–H and O–H groups in total. The van der Waals surface area contributed by atoms with Crippen molar-refractivity contribution in [3.05, 3.63) is 77.6 Å². The predicted molar refractivity (Wildman–Crippen MR) is 150 cm³/mol. The molecule has 1 aliphatic rings. The lowest BCUT2D eigenvalue weighted by Crippen LogP contribution is -2.42. The van der Waals surface area contributed by atoms with Crippen molar-refractivity contribution < 1.29 is 18.3 Å². The number of fused-ring (bicyclic) bond motifs is 1. The zero-order valence-electron chi connectivity index (χ0n) is 22.1. The van der Waals surface area contributed by atoms with E-state index in [1.54, 1.807) is 25.3 Å². The second-order valence-electron chi connectivity index (χ2n) is 10.2. The average Bonchev–Trinajstić information content (AvgIpc) is 2.92. The number of pyridine rings is 3. The molecule has 4 heterocycles. The first-order valence-electron chi connectivity index (χ1n) is 12.8. The Hall–Kier alpha value is -3.89. The third kappa shape index (κ3) is 5.91. The third-order valence-corrected chi connectivity index (χ3v) is 8.33. The molecular weight excluding hydrogens is 514 g/mol. The highest BCUT2D eigenvalue weighted by Crippen LogP contribution is 2.26. The Morgan fingerprint density at radius 1 is 1.10 bits per heavy atom. The number of sulfone groups is 1. The Bertz CT molecular complexity index is 1660. The van der Waals surface area contributed by atoms with Gasteiger partial charge < -0.3 is 15.3 Å². The summed E-state index contributed by atoms with van der Waals surface area (Å²) in [6.07, 6.45) is 3.28. The number of nitrogens with one attached hydrogen (secondary N) is 1. The molecule has 39 heavy (non-hydrogen) atoms. The number of amides is 1. The number of nitrogens with zero attached hydrogens (tertiary/aromatic N) is 4. The standard InChI is InChI=1S/C29H31N5O4S/c1-18-7-8-20(13-27(18)39(3,37)38)29(36)31-16-22-14-25-21(15-30-22)9-10-24(32-25)23-5-4-6-28(33-23)34-12-11-26(35)19(2)17-34/h4-10,13-15,19,26,35H,11-12,16-17H2,1-3H3,(H,31,36)/t19-,26+/m0/s1. The Balaban J connectivity index is 1.33. The van der Waals surface area contributed by atoms with Crippen LogP contribution in [-0.4, -0.2) is 59.8 Å². The number of aromatic nitrogens is 3. The lowest BCUT2D eigenvalue weighted by molar-refractivity contribution is 0.0949. The maximum Gasteiger partial charge on any atom is 0.251 e. The quantitative estimate of drug-likeness (QED) is 0.377. The molecule has 0 unspecified atom stereocenters. The largest absolute Gasteiger partial charge is 0.393 e. The zero-order valence-corrected chi connectivity index (χ0v) is 22.9. The van der Waals surface area contributed by atoms with Gasteiger partial charge in [-0.25, -0.2) is 18.4 Å². The van der Waals surface area contributed by atoms with Crippen LogP contribution in [0.3, 0.4) is 0 Å². The maximum atomic E-state index is 12.7. The highest BCUT2D eigenvalue weighted by Gasteiger charge is 2.25. The second-order valence-corrected chi connectivity index (χ2v) is 12.1. The number of rotatable bonds is 6. The molecule has 0 aliphatic carbocycles. The number of hydrogen-bond acceptors (Lipinski definition) is 8. The van der Waals surface area contributed by atoms with Gasteiger partial charge in [-0.3, -0.25) is 9.78 Å². The van der Waals surface area contributed by atoms with Crippen molar-refractivity contribution in [3.63, 3.8) is 0 Å². The van der Waals surface area contributed by atoms with Gasteiger partial charge in [0.15, 0.2) is 9.84 Å². The molecule has 9 nitrogen and oxygen atoms in total. The van der Waals surface area contributed by atoms with E-state index in [2.05, 4.69) is 15.2 Å². The number of aryl methyl sites for hydroxylation is 1. The monoisotopic (exact) mass is 545 g/mol. The summed E-state index contributed by atoms with van der Waals surface area (Å²) in [6.45, 7) is 5.42. The fraction of sp³-hybridized carbons (Fsp3) is 0.310. The fourth-order valence-electron chi connectivity index (χ4n) is 4.79. The number of aliphatic hydroxyl groups excluding tert-OH is 1. The van der Waals surface area contributed by atoms with E-state index < -0.39 is 9.84 Å². The molecule has 0 radical (unpaired) electrons. The van der Waals surface area contributed by atoms with Gasteiger partial charge in [-0.2, -0.15) is 0 Å². The molecule has 1 aliphatic heterocycles. The van der Waals surface area contributed by atoms with Gasteiger partial charge in [-0.1, -0.05) is 19.1 Å². The summed E-state index contributed by atoms with van der Waals surface area (Å²) in [7, 11) is -3.44. The van der Waals surface area contributed by atoms with Crippen molar-refractivity contribution in [1.29, 1.82) is 0 Å². The van der Waals surface area contributed by atoms with Gasteiger partial charge in [0.25, 0.3) is 5.91 Å². The number of aliphatic hydroxyl groups is 1. The number of hydrogen-bond donors (Lipinski definition) is 2. The number of carbonyl (C=O) groups excluding carboxylic acids is 1. The summed E-state index contributed by atoms with van der Waals surface area (Å²) >= 11 is 0. The molecule has 1 aromatic carbocycles. The Morgan fingerprint density at radius 3 is 2.67 bits per heavy atom. The molecule has 1 fully saturated rings. The summed E-state index contributed by atoms with van der Waals surface area (Å²) in [5, 5.41) is 13.7. The number of benzene rings is 1. The summed E-state index contributed by atoms with van der Waals surface area (Å²) < 4.78 is 24.0. The minimum Gasteiger partial charge on any atom is -0.393 e. The molecule has 3 aromatic heterocycles. The zero-order chi connectivity index (χ0) is 27.7. The van der Waals surface area contributed by atoms with E-state index in [1.807, 2.05) is 43.3 Å². The minimum absolute atomic E-state index is 0.140. The van der Waals surface area contributed by atoms with Crippen LogP contribution >= 0.6 is 0 Å². The van der Waals surface area contributed by atoms with Crippen molar-refractivity contribution in [3.8, 4) is 11.4 Å². The SMILES string of the molecule is Cc1ccc(C(=O)NCc2cc3nc(-c4cccc(N5CC[C@@H](O)[C@@H](C)C5)n4)ccc3cn2)cc1S(C)(=O)=O. The van der Waals surface area contributed by atoms with Crippen LogP contribution in [0.5, 0.6) is 0 Å². The van der Waals surface area contributed by atoms with Crippen molar-refractivity contribution >= 4 is 32.5 Å². The van der Waals surface area contributed by atoms with Gasteiger partial charge in [0.2, 0.25) is 0 Å². The van der Waals surface area contributed by atoms with Crippen LogP contribution in [-0.2, 0) is 16.4 Å². The van der Waals surface area contributed by atoms with E-state index in [4.69, 9.17) is 9.97 Å². The van der Waals surface area contributed by atoms with Crippen LogP contribution in [0.25, 0.3) is 22.3 Å². The van der Waals surface area contributed by atoms with Crippen LogP contribution in [0, 0.1) is 12.8 Å². The van der Waals surface area contributed by atoms with Gasteiger partial charge in [-0.05, 0) is 67.3 Å². The highest BCUT2D eigenvalue weighted by atomic mass is 32.2. The Morgan fingerprint density at radius 2 is 1.90 bits per heavy atom. The van der Waals surface area contributed by atoms with Gasteiger partial charge in [-0.15, -0.1) is 0 Å². The van der Waals surface area contributed by atoms with E-state index in [9.17, 15) is 18.3 Å². The van der Waals surface area contributed by atoms with Crippen LogP contribution in [0.1, 0.15) is 35.0 Å². The molecule has 1 amide bonds. The molecule has 202 valence electrons. The smallest absolute Gasteiger partial charge is 0.251 e. The number of carbonyl (C=O) groups is 1. The molecule has 0 saturated carbocycles. The van der Waals surface area contributed by atoms with Gasteiger partial charge in [0.1, 0.15) is 5.82 Å². The van der Waals surface area contributed by atoms with E-state index in [-0.39, 0.29) is 34.9 Å². The summed E-state index contributed by atoms with van der Waals surface area (Å²) in [5.74, 6) is 0.660. The maximum absolute atomic E-state index is 12.7. The molecule has 10 heteroatoms. The molecule has 0 spiro atoms. The van der Waals surface area contributed by atoms with E-state index in [1.165, 1.54) is 6.07 Å². The Labute approximate surface area is 227 Å². The molecule has 5 rings (SSSR count). The van der Waals surface area contributed by atoms with Crippen LogP contribution in [0.4, 0.5) is 5.82 Å². The average molecular weight is 546 g/mol. The second kappa shape index (κ2) is 10.7. The first-order valence-corrected chi connectivity index (χ1v) is 14.7. The normalized spacial score (nSPS) is 17.8. The van der Waals surface area contributed by atoms with Crippen molar-refractivity contribution in [2.45, 2.75) is 37.8 Å². The predicted octanol–water partition coefficient (Wildman–Crippen LogP) is 3.54. The highest BCUT2D eigenvalue weighted by molar-refractivity contribution is 7.90. The Kier molecular flexibility index (Phi) is 7.33. The van der Waals surface area contributed by atoms with E-state index in [0.29, 0.717) is 11.3 Å². The van der Waals surface area contributed by atoms with Crippen molar-refractivity contribution in [1.82, 2.24) is 20.3 Å². The van der Waals surface area contributed by atoms with Crippen LogP contribution in [0.15, 0.2) is 65.7 Å². The third-order valence-electron chi connectivity index (χ3n) is 7.09. The molecule has 1 saturated heterocycles. The van der Waals surface area contributed by atoms with E-state index in [0.717, 1.165) is 53.9 Å². The molecular formula is C29H31N5O4S. The minimum atomic E-state index is -3.44. The summed E-state index contributed by atoms with van der Waals surface area (Å²) in [6, 6.07) is 16.2. The van der Waals surface area contributed by atoms with Gasteiger partial charge in [0.05, 0.1) is 40.1 Å². The van der Waals surface area contributed by atoms with Gasteiger partial charge in [0, 0.05) is 36.5 Å². The van der Waals surface area contributed by atoms with Crippen molar-refractivity contribution in [2.24, 2.45) is 5.92 Å². The summed E-state index contributed by atoms with van der Waals surface area (Å²) in [4.78, 5) is 29.2. The number of anilines is 1. The number of piperidine rings is 1. The fourth-order valence-corrected chi connectivity index (χ4v) is 5.79. The first kappa shape index (κ1) is 26.7. The topological polar surface area (TPSA) is 125 Å². The van der Waals surface area contributed by atoms with Crippen LogP contribution in [0.2, 0.25) is 0 Å². The van der Waals surface area contributed by atoms with Gasteiger partial charge >= 0.3 is 0 Å².